The largest absolute Gasteiger partial charge is 0.476 e. The summed E-state index contributed by atoms with van der Waals surface area (Å²) in [6.45, 7) is 0.236. The maximum Gasteiger partial charge on any atom is 0.408 e. The third-order valence-electron chi connectivity index (χ3n) is 3.49. The summed E-state index contributed by atoms with van der Waals surface area (Å²) in [4.78, 5) is 16.0. The van der Waals surface area contributed by atoms with Gasteiger partial charge in [0, 0.05) is 6.54 Å². The molecule has 112 valence electrons. The fourth-order valence-corrected chi connectivity index (χ4v) is 2.54. The van der Waals surface area contributed by atoms with E-state index in [2.05, 4.69) is 10.1 Å². The number of rotatable bonds is 2. The number of hydrogen-bond donors (Lipinski definition) is 1. The summed E-state index contributed by atoms with van der Waals surface area (Å²) in [7, 11) is 0. The third kappa shape index (κ3) is 2.28. The van der Waals surface area contributed by atoms with E-state index in [1.54, 1.807) is 0 Å². The van der Waals surface area contributed by atoms with E-state index in [9.17, 15) is 18.0 Å². The van der Waals surface area contributed by atoms with Gasteiger partial charge in [-0.2, -0.15) is 13.2 Å². The van der Waals surface area contributed by atoms with E-state index in [0.717, 1.165) is 15.6 Å². The molecule has 1 saturated heterocycles. The molecule has 1 fully saturated rings. The van der Waals surface area contributed by atoms with Crippen LogP contribution >= 0.6 is 0 Å². The Labute approximate surface area is 116 Å². The first kappa shape index (κ1) is 13.7. The first-order valence-electron chi connectivity index (χ1n) is 6.29. The molecule has 6 nitrogen and oxygen atoms in total. The quantitative estimate of drug-likeness (QED) is 0.918. The minimum Gasteiger partial charge on any atom is -0.476 e. The second kappa shape index (κ2) is 4.61. The SMILES string of the molecule is O=C(O)c1cnc2ccc(N3CCCC3C(F)(F)F)nn12. The molecule has 0 radical (unpaired) electrons. The Hall–Kier alpha value is -2.32. The molecule has 1 unspecified atom stereocenters. The van der Waals surface area contributed by atoms with Crippen molar-refractivity contribution in [3.05, 3.63) is 24.0 Å². The van der Waals surface area contributed by atoms with Gasteiger partial charge in [0.1, 0.15) is 11.9 Å². The standard InChI is InChI=1S/C12H11F3N4O2/c13-12(14,15)8-2-1-5-18(8)10-4-3-9-16-6-7(11(20)21)19(9)17-10/h3-4,6,8H,1-2,5H2,(H,20,21). The highest BCUT2D eigenvalue weighted by Crippen LogP contribution is 2.35. The summed E-state index contributed by atoms with van der Waals surface area (Å²) in [6, 6.07) is 1.30. The van der Waals surface area contributed by atoms with Gasteiger partial charge in [0.15, 0.2) is 11.3 Å². The van der Waals surface area contributed by atoms with Crippen LogP contribution in [0.25, 0.3) is 5.65 Å². The van der Waals surface area contributed by atoms with Crippen LogP contribution in [0.2, 0.25) is 0 Å². The number of carboxylic acids is 1. The monoisotopic (exact) mass is 300 g/mol. The molecule has 1 aliphatic rings. The van der Waals surface area contributed by atoms with Crippen LogP contribution in [0.3, 0.4) is 0 Å². The van der Waals surface area contributed by atoms with E-state index in [-0.39, 0.29) is 30.1 Å². The highest BCUT2D eigenvalue weighted by atomic mass is 19.4. The second-order valence-electron chi connectivity index (χ2n) is 4.80. The van der Waals surface area contributed by atoms with Gasteiger partial charge in [-0.1, -0.05) is 0 Å². The Morgan fingerprint density at radius 1 is 1.38 bits per heavy atom. The van der Waals surface area contributed by atoms with E-state index in [1.165, 1.54) is 12.1 Å². The van der Waals surface area contributed by atoms with Gasteiger partial charge in [-0.25, -0.2) is 14.3 Å². The summed E-state index contributed by atoms with van der Waals surface area (Å²) in [5.74, 6) is -1.14. The van der Waals surface area contributed by atoms with Crippen LogP contribution in [0.15, 0.2) is 18.3 Å². The smallest absolute Gasteiger partial charge is 0.408 e. The van der Waals surface area contributed by atoms with Crippen molar-refractivity contribution in [3.8, 4) is 0 Å². The van der Waals surface area contributed by atoms with Crippen LogP contribution in [0, 0.1) is 0 Å². The van der Waals surface area contributed by atoms with Crippen molar-refractivity contribution in [2.45, 2.75) is 25.1 Å². The van der Waals surface area contributed by atoms with Crippen molar-refractivity contribution in [3.63, 3.8) is 0 Å². The average Bonchev–Trinajstić information content (AvgIpc) is 3.04. The number of nitrogens with zero attached hydrogens (tertiary/aromatic N) is 4. The molecule has 0 spiro atoms. The van der Waals surface area contributed by atoms with Crippen molar-refractivity contribution in [1.29, 1.82) is 0 Å². The van der Waals surface area contributed by atoms with Crippen LogP contribution in [0.5, 0.6) is 0 Å². The second-order valence-corrected chi connectivity index (χ2v) is 4.80. The average molecular weight is 300 g/mol. The molecule has 21 heavy (non-hydrogen) atoms. The van der Waals surface area contributed by atoms with Gasteiger partial charge >= 0.3 is 12.1 Å². The Kier molecular flexibility index (Phi) is 2.99. The lowest BCUT2D eigenvalue weighted by atomic mass is 10.2. The molecule has 0 amide bonds. The Morgan fingerprint density at radius 3 is 2.81 bits per heavy atom. The number of halogens is 3. The minimum atomic E-state index is -4.34. The summed E-state index contributed by atoms with van der Waals surface area (Å²) < 4.78 is 40.0. The van der Waals surface area contributed by atoms with Crippen LogP contribution in [-0.4, -0.2) is 44.4 Å². The number of alkyl halides is 3. The first-order chi connectivity index (χ1) is 9.88. The highest BCUT2D eigenvalue weighted by molar-refractivity contribution is 5.86. The van der Waals surface area contributed by atoms with Gasteiger partial charge in [-0.05, 0) is 25.0 Å². The third-order valence-corrected chi connectivity index (χ3v) is 3.49. The number of imidazole rings is 1. The lowest BCUT2D eigenvalue weighted by molar-refractivity contribution is -0.146. The normalized spacial score (nSPS) is 19.4. The number of aromatic nitrogens is 3. The fraction of sp³-hybridized carbons (Fsp3) is 0.417. The van der Waals surface area contributed by atoms with Gasteiger partial charge in [0.2, 0.25) is 0 Å². The summed E-state index contributed by atoms with van der Waals surface area (Å²) in [6.07, 6.45) is -2.78. The van der Waals surface area contributed by atoms with E-state index < -0.39 is 18.2 Å². The molecule has 1 atom stereocenters. The lowest BCUT2D eigenvalue weighted by Gasteiger charge is -2.27. The van der Waals surface area contributed by atoms with Crippen molar-refractivity contribution < 1.29 is 23.1 Å². The maximum atomic E-state index is 13.0. The molecule has 2 aromatic heterocycles. The van der Waals surface area contributed by atoms with E-state index in [4.69, 9.17) is 5.11 Å². The predicted octanol–water partition coefficient (Wildman–Crippen LogP) is 1.96. The van der Waals surface area contributed by atoms with Crippen LogP contribution in [-0.2, 0) is 0 Å². The van der Waals surface area contributed by atoms with Gasteiger partial charge in [-0.15, -0.1) is 5.10 Å². The van der Waals surface area contributed by atoms with E-state index in [0.29, 0.717) is 6.42 Å². The molecule has 3 heterocycles. The van der Waals surface area contributed by atoms with Crippen LogP contribution in [0.4, 0.5) is 19.0 Å². The topological polar surface area (TPSA) is 70.7 Å². The molecule has 0 saturated carbocycles. The number of carboxylic acid groups (broad SMARTS) is 1. The molecule has 9 heteroatoms. The number of carbonyl (C=O) groups is 1. The van der Waals surface area contributed by atoms with Crippen molar-refractivity contribution in [2.75, 3.05) is 11.4 Å². The molecule has 2 aromatic rings. The molecular weight excluding hydrogens is 289 g/mol. The van der Waals surface area contributed by atoms with Crippen LogP contribution < -0.4 is 4.90 Å². The number of aromatic carboxylic acids is 1. The Bertz CT molecular complexity index is 697. The number of fused-ring (bicyclic) bond motifs is 1. The number of hydrogen-bond acceptors (Lipinski definition) is 4. The molecule has 0 aliphatic carbocycles. The highest BCUT2D eigenvalue weighted by Gasteiger charge is 2.46. The van der Waals surface area contributed by atoms with Crippen molar-refractivity contribution in [1.82, 2.24) is 14.6 Å². The zero-order valence-corrected chi connectivity index (χ0v) is 10.7. The molecular formula is C12H11F3N4O2. The predicted molar refractivity (Wildman–Crippen MR) is 66.4 cm³/mol. The van der Waals surface area contributed by atoms with E-state index in [1.807, 2.05) is 0 Å². The minimum absolute atomic E-state index is 0.0128. The summed E-state index contributed by atoms with van der Waals surface area (Å²) in [5.41, 5.74) is 0.0912. The molecule has 1 aliphatic heterocycles. The van der Waals surface area contributed by atoms with Crippen LogP contribution in [0.1, 0.15) is 23.3 Å². The van der Waals surface area contributed by atoms with Gasteiger partial charge in [0.05, 0.1) is 6.20 Å². The van der Waals surface area contributed by atoms with Gasteiger partial charge in [-0.3, -0.25) is 0 Å². The van der Waals surface area contributed by atoms with Crippen molar-refractivity contribution >= 4 is 17.4 Å². The molecule has 0 aromatic carbocycles. The lowest BCUT2D eigenvalue weighted by Crippen LogP contribution is -2.41. The molecule has 3 rings (SSSR count). The zero-order chi connectivity index (χ0) is 15.2. The number of anilines is 1. The summed E-state index contributed by atoms with van der Waals surface area (Å²) in [5, 5.41) is 13.0. The van der Waals surface area contributed by atoms with Gasteiger partial charge < -0.3 is 10.0 Å². The first-order valence-corrected chi connectivity index (χ1v) is 6.29. The van der Waals surface area contributed by atoms with E-state index >= 15 is 0 Å². The van der Waals surface area contributed by atoms with Crippen molar-refractivity contribution in [2.24, 2.45) is 0 Å². The van der Waals surface area contributed by atoms with Gasteiger partial charge in [0.25, 0.3) is 0 Å². The summed E-state index contributed by atoms with van der Waals surface area (Å²) >= 11 is 0. The molecule has 1 N–H and O–H groups in total. The maximum absolute atomic E-state index is 13.0. The Morgan fingerprint density at radius 2 is 2.14 bits per heavy atom. The zero-order valence-electron chi connectivity index (χ0n) is 10.7. The molecule has 0 bridgehead atoms. The Balaban J connectivity index is 2.04. The fourth-order valence-electron chi connectivity index (χ4n) is 2.54.